The van der Waals surface area contributed by atoms with E-state index < -0.39 is 0 Å². The van der Waals surface area contributed by atoms with E-state index in [-0.39, 0.29) is 0 Å². The van der Waals surface area contributed by atoms with Crippen molar-refractivity contribution >= 4 is 40.7 Å². The van der Waals surface area contributed by atoms with Crippen LogP contribution < -0.4 is 10.2 Å². The molecule has 0 unspecified atom stereocenters. The second-order valence-corrected chi connectivity index (χ2v) is 5.44. The fraction of sp³-hybridized carbons (Fsp3) is 0.286. The molecular weight excluding hydrogens is 295 g/mol. The van der Waals surface area contributed by atoms with Gasteiger partial charge in [0.25, 0.3) is 0 Å². The van der Waals surface area contributed by atoms with E-state index in [1.165, 1.54) is 12.8 Å². The SMILES string of the molecule is Clc1cccc(Nc2nccc(N3CCCC3)n2)c1Cl. The fourth-order valence-electron chi connectivity index (χ4n) is 2.25. The Labute approximate surface area is 127 Å². The van der Waals surface area contributed by atoms with Gasteiger partial charge in [-0.05, 0) is 31.0 Å². The average molecular weight is 309 g/mol. The second-order valence-electron chi connectivity index (χ2n) is 4.66. The standard InChI is InChI=1S/C14H14Cl2N4/c15-10-4-3-5-11(13(10)16)18-14-17-7-6-12(19-14)20-8-1-2-9-20/h3-7H,1-2,8-9H2,(H,17,18,19). The largest absolute Gasteiger partial charge is 0.356 e. The smallest absolute Gasteiger partial charge is 0.229 e. The van der Waals surface area contributed by atoms with Crippen molar-refractivity contribution in [3.63, 3.8) is 0 Å². The molecule has 0 bridgehead atoms. The quantitative estimate of drug-likeness (QED) is 0.925. The topological polar surface area (TPSA) is 41.1 Å². The third-order valence-electron chi connectivity index (χ3n) is 3.27. The number of hydrogen-bond donors (Lipinski definition) is 1. The lowest BCUT2D eigenvalue weighted by Gasteiger charge is -2.17. The summed E-state index contributed by atoms with van der Waals surface area (Å²) in [6.07, 6.45) is 4.18. The van der Waals surface area contributed by atoms with Crippen molar-refractivity contribution in [3.05, 3.63) is 40.5 Å². The molecule has 1 aromatic carbocycles. The highest BCUT2D eigenvalue weighted by Gasteiger charge is 2.14. The maximum atomic E-state index is 6.15. The number of halogens is 2. The lowest BCUT2D eigenvalue weighted by atomic mass is 10.3. The Kier molecular flexibility index (Phi) is 3.94. The molecular formula is C14H14Cl2N4. The number of aromatic nitrogens is 2. The zero-order valence-electron chi connectivity index (χ0n) is 10.8. The highest BCUT2D eigenvalue weighted by atomic mass is 35.5. The van der Waals surface area contributed by atoms with E-state index in [2.05, 4.69) is 20.2 Å². The molecule has 0 spiro atoms. The molecule has 1 saturated heterocycles. The molecule has 2 aromatic rings. The number of nitrogens with one attached hydrogen (secondary N) is 1. The van der Waals surface area contributed by atoms with Gasteiger partial charge in [-0.1, -0.05) is 29.3 Å². The first kappa shape index (κ1) is 13.5. The van der Waals surface area contributed by atoms with Gasteiger partial charge in [-0.3, -0.25) is 0 Å². The lowest BCUT2D eigenvalue weighted by Crippen LogP contribution is -2.19. The van der Waals surface area contributed by atoms with Crippen LogP contribution in [0.15, 0.2) is 30.5 Å². The van der Waals surface area contributed by atoms with E-state index in [1.54, 1.807) is 12.3 Å². The van der Waals surface area contributed by atoms with E-state index in [4.69, 9.17) is 23.2 Å². The van der Waals surface area contributed by atoms with Crippen LogP contribution in [0.5, 0.6) is 0 Å². The third kappa shape index (κ3) is 2.81. The molecule has 1 aliphatic heterocycles. The van der Waals surface area contributed by atoms with Crippen LogP contribution in [0, 0.1) is 0 Å². The van der Waals surface area contributed by atoms with Crippen molar-refractivity contribution in [2.24, 2.45) is 0 Å². The molecule has 0 atom stereocenters. The molecule has 3 rings (SSSR count). The summed E-state index contributed by atoms with van der Waals surface area (Å²) in [6, 6.07) is 7.35. The van der Waals surface area contributed by atoms with E-state index >= 15 is 0 Å². The van der Waals surface area contributed by atoms with Crippen molar-refractivity contribution in [2.75, 3.05) is 23.3 Å². The molecule has 4 nitrogen and oxygen atoms in total. The predicted octanol–water partition coefficient (Wildman–Crippen LogP) is 4.13. The summed E-state index contributed by atoms with van der Waals surface area (Å²) < 4.78 is 0. The Morgan fingerprint density at radius 1 is 1.10 bits per heavy atom. The molecule has 2 heterocycles. The van der Waals surface area contributed by atoms with Crippen LogP contribution in [0.4, 0.5) is 17.5 Å². The van der Waals surface area contributed by atoms with Gasteiger partial charge in [-0.15, -0.1) is 0 Å². The first-order valence-electron chi connectivity index (χ1n) is 6.53. The van der Waals surface area contributed by atoms with Gasteiger partial charge in [0.2, 0.25) is 5.95 Å². The predicted molar refractivity (Wildman–Crippen MR) is 83.2 cm³/mol. The molecule has 0 saturated carbocycles. The Bertz CT molecular complexity index is 612. The Morgan fingerprint density at radius 3 is 2.70 bits per heavy atom. The highest BCUT2D eigenvalue weighted by molar-refractivity contribution is 6.43. The summed E-state index contributed by atoms with van der Waals surface area (Å²) in [5.74, 6) is 1.47. The van der Waals surface area contributed by atoms with Crippen LogP contribution >= 0.6 is 23.2 Å². The van der Waals surface area contributed by atoms with Gasteiger partial charge < -0.3 is 10.2 Å². The van der Waals surface area contributed by atoms with E-state index in [0.717, 1.165) is 18.9 Å². The molecule has 1 N–H and O–H groups in total. The van der Waals surface area contributed by atoms with Gasteiger partial charge >= 0.3 is 0 Å². The Morgan fingerprint density at radius 2 is 1.90 bits per heavy atom. The van der Waals surface area contributed by atoms with E-state index in [9.17, 15) is 0 Å². The van der Waals surface area contributed by atoms with Gasteiger partial charge in [0, 0.05) is 19.3 Å². The van der Waals surface area contributed by atoms with E-state index in [1.807, 2.05) is 18.2 Å². The summed E-state index contributed by atoms with van der Waals surface area (Å²) in [4.78, 5) is 11.0. The van der Waals surface area contributed by atoms with Crippen molar-refractivity contribution in [3.8, 4) is 0 Å². The van der Waals surface area contributed by atoms with Crippen LogP contribution in [-0.2, 0) is 0 Å². The van der Waals surface area contributed by atoms with Crippen molar-refractivity contribution in [1.82, 2.24) is 9.97 Å². The van der Waals surface area contributed by atoms with E-state index in [0.29, 0.717) is 21.7 Å². The van der Waals surface area contributed by atoms with Gasteiger partial charge in [-0.25, -0.2) is 4.98 Å². The maximum Gasteiger partial charge on any atom is 0.229 e. The summed E-state index contributed by atoms with van der Waals surface area (Å²) in [6.45, 7) is 2.10. The molecule has 20 heavy (non-hydrogen) atoms. The molecule has 0 radical (unpaired) electrons. The average Bonchev–Trinajstić information content (AvgIpc) is 2.98. The molecule has 1 aromatic heterocycles. The number of rotatable bonds is 3. The van der Waals surface area contributed by atoms with Crippen LogP contribution in [0.3, 0.4) is 0 Å². The first-order chi connectivity index (χ1) is 9.74. The minimum absolute atomic E-state index is 0.476. The summed E-state index contributed by atoms with van der Waals surface area (Å²) in [5.41, 5.74) is 0.706. The number of benzene rings is 1. The molecule has 1 fully saturated rings. The van der Waals surface area contributed by atoms with Gasteiger partial charge in [0.15, 0.2) is 0 Å². The molecule has 104 valence electrons. The molecule has 6 heteroatoms. The number of hydrogen-bond acceptors (Lipinski definition) is 4. The number of anilines is 3. The number of nitrogens with zero attached hydrogens (tertiary/aromatic N) is 3. The Hall–Kier alpha value is -1.52. The van der Waals surface area contributed by atoms with Crippen LogP contribution in [0.2, 0.25) is 10.0 Å². The minimum Gasteiger partial charge on any atom is -0.356 e. The molecule has 0 amide bonds. The second kappa shape index (κ2) is 5.85. The zero-order chi connectivity index (χ0) is 13.9. The summed E-state index contributed by atoms with van der Waals surface area (Å²) in [5, 5.41) is 4.09. The van der Waals surface area contributed by atoms with Gasteiger partial charge in [0.05, 0.1) is 15.7 Å². The van der Waals surface area contributed by atoms with Gasteiger partial charge in [-0.2, -0.15) is 4.98 Å². The molecule has 0 aliphatic carbocycles. The lowest BCUT2D eigenvalue weighted by molar-refractivity contribution is 0.930. The van der Waals surface area contributed by atoms with Crippen molar-refractivity contribution in [2.45, 2.75) is 12.8 Å². The van der Waals surface area contributed by atoms with Crippen molar-refractivity contribution in [1.29, 1.82) is 0 Å². The van der Waals surface area contributed by atoms with Crippen LogP contribution in [0.1, 0.15) is 12.8 Å². The maximum absolute atomic E-state index is 6.15. The van der Waals surface area contributed by atoms with Gasteiger partial charge in [0.1, 0.15) is 5.82 Å². The first-order valence-corrected chi connectivity index (χ1v) is 7.29. The fourth-order valence-corrected chi connectivity index (χ4v) is 2.60. The van der Waals surface area contributed by atoms with Crippen LogP contribution in [0.25, 0.3) is 0 Å². The summed E-state index contributed by atoms with van der Waals surface area (Å²) >= 11 is 12.1. The highest BCUT2D eigenvalue weighted by Crippen LogP contribution is 2.31. The monoisotopic (exact) mass is 308 g/mol. The zero-order valence-corrected chi connectivity index (χ0v) is 12.3. The third-order valence-corrected chi connectivity index (χ3v) is 4.09. The normalized spacial score (nSPS) is 14.6. The van der Waals surface area contributed by atoms with Crippen LogP contribution in [-0.4, -0.2) is 23.1 Å². The van der Waals surface area contributed by atoms with Crippen molar-refractivity contribution < 1.29 is 0 Å². The minimum atomic E-state index is 0.476. The summed E-state index contributed by atoms with van der Waals surface area (Å²) in [7, 11) is 0. The molecule has 1 aliphatic rings. The Balaban J connectivity index is 1.83.